The summed E-state index contributed by atoms with van der Waals surface area (Å²) in [5, 5.41) is 8.85. The maximum absolute atomic E-state index is 12.9. The topological polar surface area (TPSA) is 73.5 Å². The lowest BCUT2D eigenvalue weighted by molar-refractivity contribution is -0.112. The second kappa shape index (κ2) is 11.5. The minimum atomic E-state index is -0.233. The first-order chi connectivity index (χ1) is 16.0. The van der Waals surface area contributed by atoms with E-state index in [1.807, 2.05) is 93.0 Å². The van der Waals surface area contributed by atoms with E-state index >= 15 is 0 Å². The normalized spacial score (nSPS) is 12.8. The van der Waals surface area contributed by atoms with Crippen molar-refractivity contribution < 1.29 is 9.59 Å². The minimum absolute atomic E-state index is 0.195. The van der Waals surface area contributed by atoms with Crippen molar-refractivity contribution in [2.24, 2.45) is 0 Å². The van der Waals surface area contributed by atoms with Gasteiger partial charge in [-0.25, -0.2) is 0 Å². The molecule has 0 fully saturated rings. The summed E-state index contributed by atoms with van der Waals surface area (Å²) in [4.78, 5) is 27.6. The Morgan fingerprint density at radius 1 is 1.06 bits per heavy atom. The molecule has 0 aliphatic heterocycles. The molecule has 0 saturated heterocycles. The van der Waals surface area contributed by atoms with Crippen LogP contribution in [0.1, 0.15) is 27.9 Å². The zero-order valence-electron chi connectivity index (χ0n) is 19.3. The van der Waals surface area contributed by atoms with Crippen molar-refractivity contribution in [2.75, 3.05) is 24.7 Å². The maximum atomic E-state index is 12.9. The average Bonchev–Trinajstić information content (AvgIpc) is 3.09. The number of rotatable bonds is 8. The van der Waals surface area contributed by atoms with E-state index < -0.39 is 0 Å². The number of carbonyl (C=O) groups excluding carboxylic acids is 2. The van der Waals surface area contributed by atoms with Gasteiger partial charge >= 0.3 is 0 Å². The SMILES string of the molecule is CN/C=C\N(C)Cc1cccc(NC(=O)c2ccc(C)c(NC(=O)C3=CCC=CC=C3)c2)c1. The summed E-state index contributed by atoms with van der Waals surface area (Å²) in [5.41, 5.74) is 4.37. The lowest BCUT2D eigenvalue weighted by atomic mass is 10.1. The molecule has 0 spiro atoms. The van der Waals surface area contributed by atoms with Gasteiger partial charge in [-0.1, -0.05) is 42.5 Å². The third kappa shape index (κ3) is 6.97. The monoisotopic (exact) mass is 442 g/mol. The van der Waals surface area contributed by atoms with Crippen LogP contribution in [0.3, 0.4) is 0 Å². The van der Waals surface area contributed by atoms with Gasteiger partial charge in [0.2, 0.25) is 0 Å². The molecule has 1 aliphatic carbocycles. The van der Waals surface area contributed by atoms with Gasteiger partial charge in [-0.2, -0.15) is 0 Å². The van der Waals surface area contributed by atoms with E-state index in [-0.39, 0.29) is 11.8 Å². The number of anilines is 2. The van der Waals surface area contributed by atoms with Crippen LogP contribution < -0.4 is 16.0 Å². The molecule has 0 radical (unpaired) electrons. The van der Waals surface area contributed by atoms with E-state index in [0.29, 0.717) is 29.8 Å². The zero-order valence-corrected chi connectivity index (χ0v) is 19.3. The molecular formula is C27H30N4O2. The molecule has 1 aliphatic rings. The van der Waals surface area contributed by atoms with Gasteiger partial charge in [0, 0.05) is 55.6 Å². The van der Waals surface area contributed by atoms with Gasteiger partial charge in [-0.15, -0.1) is 0 Å². The van der Waals surface area contributed by atoms with Crippen LogP contribution in [-0.2, 0) is 11.3 Å². The van der Waals surface area contributed by atoms with E-state index in [1.54, 1.807) is 18.2 Å². The molecule has 3 N–H and O–H groups in total. The number of nitrogens with zero attached hydrogens (tertiary/aromatic N) is 1. The van der Waals surface area contributed by atoms with E-state index in [0.717, 1.165) is 16.8 Å². The van der Waals surface area contributed by atoms with E-state index in [1.165, 1.54) is 0 Å². The number of allylic oxidation sites excluding steroid dienone is 4. The molecule has 2 aromatic carbocycles. The Kier molecular flexibility index (Phi) is 8.24. The summed E-state index contributed by atoms with van der Waals surface area (Å²) in [6.07, 6.45) is 13.9. The molecule has 3 rings (SSSR count). The Balaban J connectivity index is 1.69. The highest BCUT2D eigenvalue weighted by atomic mass is 16.2. The van der Waals surface area contributed by atoms with Crippen LogP contribution in [-0.4, -0.2) is 30.8 Å². The summed E-state index contributed by atoms with van der Waals surface area (Å²) < 4.78 is 0. The molecule has 0 bridgehead atoms. The molecule has 170 valence electrons. The van der Waals surface area contributed by atoms with Crippen LogP contribution in [0.4, 0.5) is 11.4 Å². The first-order valence-corrected chi connectivity index (χ1v) is 10.9. The standard InChI is InChI=1S/C27H30N4O2/c1-20-13-14-23(18-25(20)30-26(32)22-10-6-4-5-7-11-22)27(33)29-24-12-8-9-21(17-24)19-31(3)16-15-28-2/h4-6,8-18,28H,7,19H2,1-3H3,(H,29,33)(H,30,32)/b16-15-. The number of hydrogen-bond donors (Lipinski definition) is 3. The van der Waals surface area contributed by atoms with Crippen LogP contribution in [0, 0.1) is 6.92 Å². The number of carbonyl (C=O) groups is 2. The highest BCUT2D eigenvalue weighted by Crippen LogP contribution is 2.20. The lowest BCUT2D eigenvalue weighted by Gasteiger charge is -2.15. The zero-order chi connectivity index (χ0) is 23.6. The van der Waals surface area contributed by atoms with Gasteiger partial charge < -0.3 is 20.9 Å². The molecule has 33 heavy (non-hydrogen) atoms. The first kappa shape index (κ1) is 23.6. The van der Waals surface area contributed by atoms with Crippen LogP contribution in [0.2, 0.25) is 0 Å². The number of aryl methyl sites for hydroxylation is 1. The number of hydrogen-bond acceptors (Lipinski definition) is 4. The third-order valence-electron chi connectivity index (χ3n) is 5.12. The summed E-state index contributed by atoms with van der Waals surface area (Å²) in [7, 11) is 3.84. The molecule has 2 amide bonds. The maximum Gasteiger partial charge on any atom is 0.255 e. The van der Waals surface area contributed by atoms with Crippen LogP contribution in [0.15, 0.2) is 90.8 Å². The Bertz CT molecular complexity index is 1130. The van der Waals surface area contributed by atoms with Gasteiger partial charge in [0.25, 0.3) is 11.8 Å². The molecule has 0 heterocycles. The minimum Gasteiger partial charge on any atom is -0.393 e. The quantitative estimate of drug-likeness (QED) is 0.552. The van der Waals surface area contributed by atoms with Crippen molar-refractivity contribution in [1.82, 2.24) is 10.2 Å². The average molecular weight is 443 g/mol. The molecule has 0 aromatic heterocycles. The van der Waals surface area contributed by atoms with Gasteiger partial charge in [0.15, 0.2) is 0 Å². The predicted octanol–water partition coefficient (Wildman–Crippen LogP) is 4.75. The smallest absolute Gasteiger partial charge is 0.255 e. The van der Waals surface area contributed by atoms with Crippen molar-refractivity contribution >= 4 is 23.2 Å². The fourth-order valence-corrected chi connectivity index (χ4v) is 3.33. The second-order valence-corrected chi connectivity index (χ2v) is 7.84. The Hall–Kier alpha value is -4.06. The Morgan fingerprint density at radius 3 is 2.73 bits per heavy atom. The molecular weight excluding hydrogens is 412 g/mol. The first-order valence-electron chi connectivity index (χ1n) is 10.9. The van der Waals surface area contributed by atoms with Gasteiger partial charge in [0.05, 0.1) is 0 Å². The van der Waals surface area contributed by atoms with Crippen molar-refractivity contribution in [2.45, 2.75) is 19.9 Å². The number of amides is 2. The van der Waals surface area contributed by atoms with Gasteiger partial charge in [0.1, 0.15) is 0 Å². The van der Waals surface area contributed by atoms with Gasteiger partial charge in [-0.3, -0.25) is 9.59 Å². The van der Waals surface area contributed by atoms with Crippen LogP contribution >= 0.6 is 0 Å². The third-order valence-corrected chi connectivity index (χ3v) is 5.12. The fourth-order valence-electron chi connectivity index (χ4n) is 3.33. The van der Waals surface area contributed by atoms with Crippen LogP contribution in [0.5, 0.6) is 0 Å². The Labute approximate surface area is 195 Å². The molecule has 0 unspecified atom stereocenters. The van der Waals surface area contributed by atoms with Crippen LogP contribution in [0.25, 0.3) is 0 Å². The second-order valence-electron chi connectivity index (χ2n) is 7.84. The molecule has 0 saturated carbocycles. The molecule has 6 heteroatoms. The molecule has 2 aromatic rings. The fraction of sp³-hybridized carbons (Fsp3) is 0.185. The van der Waals surface area contributed by atoms with Gasteiger partial charge in [-0.05, 0) is 54.8 Å². The summed E-state index contributed by atoms with van der Waals surface area (Å²) in [5.74, 6) is -0.427. The predicted molar refractivity (Wildman–Crippen MR) is 135 cm³/mol. The highest BCUT2D eigenvalue weighted by molar-refractivity contribution is 6.08. The van der Waals surface area contributed by atoms with E-state index in [2.05, 4.69) is 16.0 Å². The number of nitrogens with one attached hydrogen (secondary N) is 3. The van der Waals surface area contributed by atoms with Crippen molar-refractivity contribution in [1.29, 1.82) is 0 Å². The van der Waals surface area contributed by atoms with Crippen molar-refractivity contribution in [3.8, 4) is 0 Å². The Morgan fingerprint density at radius 2 is 1.91 bits per heavy atom. The van der Waals surface area contributed by atoms with E-state index in [9.17, 15) is 9.59 Å². The van der Waals surface area contributed by atoms with Crippen molar-refractivity contribution in [3.63, 3.8) is 0 Å². The van der Waals surface area contributed by atoms with Crippen molar-refractivity contribution in [3.05, 3.63) is 108 Å². The highest BCUT2D eigenvalue weighted by Gasteiger charge is 2.13. The lowest BCUT2D eigenvalue weighted by Crippen LogP contribution is -2.16. The summed E-state index contributed by atoms with van der Waals surface area (Å²) >= 11 is 0. The molecule has 0 atom stereocenters. The summed E-state index contributed by atoms with van der Waals surface area (Å²) in [6, 6.07) is 13.1. The van der Waals surface area contributed by atoms with E-state index in [4.69, 9.17) is 0 Å². The number of benzene rings is 2. The molecule has 6 nitrogen and oxygen atoms in total. The summed E-state index contributed by atoms with van der Waals surface area (Å²) in [6.45, 7) is 2.61. The largest absolute Gasteiger partial charge is 0.393 e.